The van der Waals surface area contributed by atoms with Crippen molar-refractivity contribution in [1.82, 2.24) is 15.1 Å². The van der Waals surface area contributed by atoms with Gasteiger partial charge in [-0.15, -0.1) is 0 Å². The average Bonchev–Trinajstić information content (AvgIpc) is 3.06. The van der Waals surface area contributed by atoms with Crippen LogP contribution in [-0.4, -0.2) is 21.2 Å². The number of aromatic nitrogens is 3. The molecule has 0 unspecified atom stereocenters. The largest absolute Gasteiger partial charge is 0.474 e. The number of pyridine rings is 1. The Morgan fingerprint density at radius 1 is 1.23 bits per heavy atom. The van der Waals surface area contributed by atoms with E-state index in [1.807, 2.05) is 19.9 Å². The van der Waals surface area contributed by atoms with Crippen LogP contribution in [0.25, 0.3) is 22.8 Å². The Kier molecular flexibility index (Phi) is 5.57. The zero-order chi connectivity index (χ0) is 18.7. The third-order valence-electron chi connectivity index (χ3n) is 3.90. The first kappa shape index (κ1) is 18.4. The minimum atomic E-state index is -0.000452. The molecule has 0 N–H and O–H groups in total. The fraction of sp³-hybridized carbons (Fsp3) is 0.350. The lowest BCUT2D eigenvalue weighted by Gasteiger charge is -2.09. The highest BCUT2D eigenvalue weighted by molar-refractivity contribution is 6.32. The zero-order valence-corrected chi connectivity index (χ0v) is 16.2. The Hall–Kier alpha value is -2.40. The quantitative estimate of drug-likeness (QED) is 0.572. The van der Waals surface area contributed by atoms with E-state index in [0.717, 1.165) is 24.0 Å². The topological polar surface area (TPSA) is 61.0 Å². The molecule has 0 atom stereocenters. The maximum atomic E-state index is 6.24. The lowest BCUT2D eigenvalue weighted by Crippen LogP contribution is -2.07. The van der Waals surface area contributed by atoms with Gasteiger partial charge in [0.1, 0.15) is 5.02 Å². The van der Waals surface area contributed by atoms with Crippen molar-refractivity contribution in [3.8, 4) is 28.7 Å². The van der Waals surface area contributed by atoms with Crippen LogP contribution >= 0.6 is 11.6 Å². The van der Waals surface area contributed by atoms with Crippen molar-refractivity contribution in [2.45, 2.75) is 46.6 Å². The molecule has 0 aliphatic heterocycles. The van der Waals surface area contributed by atoms with Crippen molar-refractivity contribution < 1.29 is 9.26 Å². The maximum absolute atomic E-state index is 6.24. The highest BCUT2D eigenvalue weighted by atomic mass is 35.5. The fourth-order valence-corrected chi connectivity index (χ4v) is 2.93. The Morgan fingerprint density at radius 3 is 2.69 bits per heavy atom. The number of aryl methyl sites for hydroxylation is 2. The number of benzene rings is 1. The molecule has 0 bridgehead atoms. The summed E-state index contributed by atoms with van der Waals surface area (Å²) < 4.78 is 11.0. The lowest BCUT2D eigenvalue weighted by molar-refractivity contribution is 0.233. The van der Waals surface area contributed by atoms with Gasteiger partial charge in [0, 0.05) is 11.8 Å². The Labute approximate surface area is 158 Å². The molecule has 26 heavy (non-hydrogen) atoms. The van der Waals surface area contributed by atoms with E-state index in [-0.39, 0.29) is 6.10 Å². The SMILES string of the molecule is CCCc1ccc(-c2noc(-c3cnc(OC(C)C)c(Cl)c3)n2)c(C)c1. The number of hydrogen-bond donors (Lipinski definition) is 0. The van der Waals surface area contributed by atoms with Gasteiger partial charge in [0.2, 0.25) is 11.7 Å². The normalized spacial score (nSPS) is 11.2. The monoisotopic (exact) mass is 371 g/mol. The summed E-state index contributed by atoms with van der Waals surface area (Å²) in [6.45, 7) is 8.07. The van der Waals surface area contributed by atoms with Crippen molar-refractivity contribution >= 4 is 11.6 Å². The second kappa shape index (κ2) is 7.87. The van der Waals surface area contributed by atoms with Crippen LogP contribution in [-0.2, 0) is 6.42 Å². The third-order valence-corrected chi connectivity index (χ3v) is 4.17. The average molecular weight is 372 g/mol. The Bertz CT molecular complexity index is 906. The number of hydrogen-bond acceptors (Lipinski definition) is 5. The van der Waals surface area contributed by atoms with E-state index in [9.17, 15) is 0 Å². The lowest BCUT2D eigenvalue weighted by atomic mass is 10.0. The molecule has 0 saturated carbocycles. The highest BCUT2D eigenvalue weighted by Gasteiger charge is 2.15. The minimum absolute atomic E-state index is 0.000452. The fourth-order valence-electron chi connectivity index (χ4n) is 2.72. The van der Waals surface area contributed by atoms with Crippen molar-refractivity contribution in [1.29, 1.82) is 0 Å². The van der Waals surface area contributed by atoms with E-state index in [1.54, 1.807) is 12.3 Å². The van der Waals surface area contributed by atoms with E-state index in [1.165, 1.54) is 5.56 Å². The van der Waals surface area contributed by atoms with Gasteiger partial charge in [-0.05, 0) is 44.4 Å². The summed E-state index contributed by atoms with van der Waals surface area (Å²) in [7, 11) is 0. The van der Waals surface area contributed by atoms with Crippen LogP contribution in [0.15, 0.2) is 35.0 Å². The Morgan fingerprint density at radius 2 is 2.04 bits per heavy atom. The molecule has 136 valence electrons. The number of halogens is 1. The minimum Gasteiger partial charge on any atom is -0.474 e. The van der Waals surface area contributed by atoms with Gasteiger partial charge in [0.15, 0.2) is 0 Å². The van der Waals surface area contributed by atoms with Crippen LogP contribution in [0, 0.1) is 6.92 Å². The molecule has 1 aromatic carbocycles. The van der Waals surface area contributed by atoms with E-state index in [2.05, 4.69) is 41.1 Å². The molecule has 0 aliphatic rings. The molecule has 0 saturated heterocycles. The van der Waals surface area contributed by atoms with E-state index < -0.39 is 0 Å². The Balaban J connectivity index is 1.87. The second-order valence-electron chi connectivity index (χ2n) is 6.50. The summed E-state index contributed by atoms with van der Waals surface area (Å²) in [5.74, 6) is 1.33. The second-order valence-corrected chi connectivity index (χ2v) is 6.91. The molecule has 0 spiro atoms. The van der Waals surface area contributed by atoms with Crippen LogP contribution in [0.4, 0.5) is 0 Å². The highest BCUT2D eigenvalue weighted by Crippen LogP contribution is 2.30. The standard InChI is InChI=1S/C20H22ClN3O2/c1-5-6-14-7-8-16(13(4)9-14)18-23-19(26-24-18)15-10-17(21)20(22-11-15)25-12(2)3/h7-12H,5-6H2,1-4H3. The van der Waals surface area contributed by atoms with Crippen molar-refractivity contribution in [3.05, 3.63) is 46.6 Å². The van der Waals surface area contributed by atoms with E-state index >= 15 is 0 Å². The van der Waals surface area contributed by atoms with Gasteiger partial charge in [-0.25, -0.2) is 4.98 Å². The summed E-state index contributed by atoms with van der Waals surface area (Å²) in [5.41, 5.74) is 4.05. The van der Waals surface area contributed by atoms with Crippen LogP contribution in [0.3, 0.4) is 0 Å². The van der Waals surface area contributed by atoms with E-state index in [4.69, 9.17) is 20.9 Å². The molecule has 0 radical (unpaired) electrons. The van der Waals surface area contributed by atoms with Crippen LogP contribution < -0.4 is 4.74 Å². The van der Waals surface area contributed by atoms with Crippen LogP contribution in [0.2, 0.25) is 5.02 Å². The van der Waals surface area contributed by atoms with Gasteiger partial charge in [-0.1, -0.05) is 48.3 Å². The molecule has 2 heterocycles. The van der Waals surface area contributed by atoms with Crippen molar-refractivity contribution in [2.75, 3.05) is 0 Å². The predicted molar refractivity (Wildman–Crippen MR) is 102 cm³/mol. The number of nitrogens with zero attached hydrogens (tertiary/aromatic N) is 3. The molecule has 5 nitrogen and oxygen atoms in total. The van der Waals surface area contributed by atoms with Gasteiger partial charge < -0.3 is 9.26 Å². The first-order valence-electron chi connectivity index (χ1n) is 8.74. The summed E-state index contributed by atoms with van der Waals surface area (Å²) >= 11 is 6.24. The smallest absolute Gasteiger partial charge is 0.259 e. The molecule has 2 aromatic heterocycles. The summed E-state index contributed by atoms with van der Waals surface area (Å²) in [6.07, 6.45) is 3.81. The number of rotatable bonds is 6. The molecule has 0 fully saturated rings. The van der Waals surface area contributed by atoms with Crippen molar-refractivity contribution in [2.24, 2.45) is 0 Å². The van der Waals surface area contributed by atoms with Gasteiger partial charge in [-0.3, -0.25) is 0 Å². The van der Waals surface area contributed by atoms with Gasteiger partial charge >= 0.3 is 0 Å². The first-order valence-corrected chi connectivity index (χ1v) is 9.12. The van der Waals surface area contributed by atoms with E-state index in [0.29, 0.717) is 28.2 Å². The van der Waals surface area contributed by atoms with Gasteiger partial charge in [-0.2, -0.15) is 4.98 Å². The summed E-state index contributed by atoms with van der Waals surface area (Å²) in [5, 5.41) is 4.52. The van der Waals surface area contributed by atoms with Gasteiger partial charge in [0.05, 0.1) is 11.7 Å². The van der Waals surface area contributed by atoms with Gasteiger partial charge in [0.25, 0.3) is 5.89 Å². The molecular weight excluding hydrogens is 350 g/mol. The summed E-state index contributed by atoms with van der Waals surface area (Å²) in [4.78, 5) is 8.75. The number of ether oxygens (including phenoxy) is 1. The molecule has 6 heteroatoms. The summed E-state index contributed by atoms with van der Waals surface area (Å²) in [6, 6.07) is 8.05. The van der Waals surface area contributed by atoms with Crippen LogP contribution in [0.5, 0.6) is 5.88 Å². The molecule has 0 aliphatic carbocycles. The maximum Gasteiger partial charge on any atom is 0.259 e. The molecular formula is C20H22ClN3O2. The molecule has 3 aromatic rings. The van der Waals surface area contributed by atoms with Crippen LogP contribution in [0.1, 0.15) is 38.3 Å². The molecule has 0 amide bonds. The third kappa shape index (κ3) is 4.05. The van der Waals surface area contributed by atoms with Crippen molar-refractivity contribution in [3.63, 3.8) is 0 Å². The predicted octanol–water partition coefficient (Wildman–Crippen LogP) is 5.50. The first-order chi connectivity index (χ1) is 12.5. The molecule has 3 rings (SSSR count). The zero-order valence-electron chi connectivity index (χ0n) is 15.4.